The molecule has 2 aromatic rings. The van der Waals surface area contributed by atoms with Crippen LogP contribution in [-0.4, -0.2) is 54.7 Å². The van der Waals surface area contributed by atoms with Gasteiger partial charge in [-0.05, 0) is 0 Å². The minimum Gasteiger partial charge on any atom is -0.790 e. The molecule has 0 amide bonds. The number of aromatic nitrogens is 4. The van der Waals surface area contributed by atoms with E-state index in [2.05, 4.69) is 28.1 Å². The van der Waals surface area contributed by atoms with Crippen molar-refractivity contribution in [1.82, 2.24) is 19.5 Å². The van der Waals surface area contributed by atoms with E-state index in [9.17, 15) is 48.3 Å². The molecule has 2 aromatic heterocycles. The molecule has 3 rings (SSSR count). The molecule has 19 nitrogen and oxygen atoms in total. The number of nitrogens with two attached hydrogens (primary N) is 1. The third-order valence-corrected chi connectivity index (χ3v) is 7.59. The second-order valence-corrected chi connectivity index (χ2v) is 10.4. The van der Waals surface area contributed by atoms with Crippen molar-refractivity contribution >= 4 is 40.4 Å². The van der Waals surface area contributed by atoms with Crippen LogP contribution in [0.4, 0.5) is 5.82 Å². The Hall–Kier alpha value is -1.56. The number of rotatable bonds is 8. The van der Waals surface area contributed by atoms with Crippen LogP contribution in [0.3, 0.4) is 0 Å². The first-order chi connectivity index (χ1) is 14.6. The van der Waals surface area contributed by atoms with Gasteiger partial charge in [0.15, 0.2) is 17.7 Å². The fraction of sp³-hybridized carbons (Fsp3) is 0.500. The number of nitrogen functional groups attached to an aromatic ring is 1. The maximum Gasteiger partial charge on any atom is 0.330 e. The highest BCUT2D eigenvalue weighted by molar-refractivity contribution is 7.64. The fourth-order valence-electron chi connectivity index (χ4n) is 2.72. The predicted molar refractivity (Wildman–Crippen MR) is 89.4 cm³/mol. The van der Waals surface area contributed by atoms with Crippen LogP contribution in [0.5, 0.6) is 0 Å². The fourth-order valence-corrected chi connectivity index (χ4v) is 5.58. The summed E-state index contributed by atoms with van der Waals surface area (Å²) in [5.41, 5.74) is 4.59. The standard InChI is InChI=1S/C10H16N5O14P3/c11-7-4-8(13-2-12-7)15(10(18)14-4)9-6(17)5(16)3(27-9)1-26-31(22,23)29-32(24,25)28-30(19,20)21/h2-3,5-6,9,16-17H,1H2,(H,14,18)(H,22,23)(H,24,25)(H2,11,12,13)(H2,19,20,21)/p-4. The first-order valence-corrected chi connectivity index (χ1v) is 12.4. The Labute approximate surface area is 175 Å². The van der Waals surface area contributed by atoms with Crippen molar-refractivity contribution in [3.05, 3.63) is 16.8 Å². The molecule has 6 unspecified atom stereocenters. The monoisotopic (exact) mass is 519 g/mol. The van der Waals surface area contributed by atoms with E-state index in [1.807, 2.05) is 0 Å². The lowest BCUT2D eigenvalue weighted by Gasteiger charge is -2.37. The number of hydrogen-bond donors (Lipinski definition) is 4. The van der Waals surface area contributed by atoms with Gasteiger partial charge in [0.25, 0.3) is 15.6 Å². The Morgan fingerprint density at radius 1 is 1.12 bits per heavy atom. The Bertz CT molecular complexity index is 1210. The van der Waals surface area contributed by atoms with Gasteiger partial charge in [0.1, 0.15) is 30.2 Å². The summed E-state index contributed by atoms with van der Waals surface area (Å²) >= 11 is 0. The average molecular weight is 519 g/mol. The normalized spacial score (nSPS) is 27.9. The molecule has 1 aliphatic heterocycles. The lowest BCUT2D eigenvalue weighted by molar-refractivity contribution is -0.339. The Balaban J connectivity index is 1.74. The zero-order chi connectivity index (χ0) is 24.1. The van der Waals surface area contributed by atoms with Crippen molar-refractivity contribution < 1.29 is 61.4 Å². The van der Waals surface area contributed by atoms with Crippen molar-refractivity contribution in [3.63, 3.8) is 0 Å². The van der Waals surface area contributed by atoms with Crippen molar-refractivity contribution in [2.45, 2.75) is 24.5 Å². The first-order valence-electron chi connectivity index (χ1n) is 8.04. The van der Waals surface area contributed by atoms with Gasteiger partial charge in [-0.2, -0.15) is 0 Å². The number of phosphoric ester groups is 1. The van der Waals surface area contributed by atoms with Crippen LogP contribution in [0, 0.1) is 0 Å². The van der Waals surface area contributed by atoms with Crippen molar-refractivity contribution in [2.75, 3.05) is 12.3 Å². The van der Waals surface area contributed by atoms with Gasteiger partial charge in [-0.3, -0.25) is 13.4 Å². The summed E-state index contributed by atoms with van der Waals surface area (Å²) in [4.78, 5) is 65.4. The molecule has 1 aliphatic rings. The largest absolute Gasteiger partial charge is 0.790 e. The predicted octanol–water partition coefficient (Wildman–Crippen LogP) is -4.86. The van der Waals surface area contributed by atoms with Gasteiger partial charge in [-0.25, -0.2) is 23.6 Å². The number of nitrogens with one attached hydrogen (secondary N) is 1. The second-order valence-electron chi connectivity index (χ2n) is 6.10. The highest BCUT2D eigenvalue weighted by Crippen LogP contribution is 2.60. The number of aromatic amines is 1. The lowest BCUT2D eigenvalue weighted by atomic mass is 10.1. The van der Waals surface area contributed by atoms with Gasteiger partial charge >= 0.3 is 5.69 Å². The smallest absolute Gasteiger partial charge is 0.330 e. The quantitative estimate of drug-likeness (QED) is 0.237. The average Bonchev–Trinajstić information content (AvgIpc) is 3.08. The highest BCUT2D eigenvalue weighted by atomic mass is 31.3. The van der Waals surface area contributed by atoms with E-state index in [4.69, 9.17) is 10.5 Å². The van der Waals surface area contributed by atoms with Gasteiger partial charge in [0, 0.05) is 0 Å². The molecule has 22 heteroatoms. The van der Waals surface area contributed by atoms with Gasteiger partial charge in [-0.1, -0.05) is 0 Å². The molecule has 6 atom stereocenters. The van der Waals surface area contributed by atoms with Gasteiger partial charge in [0.2, 0.25) is 0 Å². The van der Waals surface area contributed by atoms with Crippen LogP contribution in [0.15, 0.2) is 11.1 Å². The molecule has 5 N–H and O–H groups in total. The van der Waals surface area contributed by atoms with Gasteiger partial charge in [0.05, 0.1) is 14.4 Å². The summed E-state index contributed by atoms with van der Waals surface area (Å²) in [6.07, 6.45) is -5.99. The zero-order valence-electron chi connectivity index (χ0n) is 15.1. The van der Waals surface area contributed by atoms with Crippen LogP contribution < -0.4 is 31.0 Å². The molecular weight excluding hydrogens is 507 g/mol. The number of ether oxygens (including phenoxy) is 1. The number of nitrogens with zero attached hydrogens (tertiary/aromatic N) is 3. The van der Waals surface area contributed by atoms with Crippen LogP contribution in [0.2, 0.25) is 0 Å². The third kappa shape index (κ3) is 5.49. The summed E-state index contributed by atoms with van der Waals surface area (Å²) in [6.45, 7) is -1.17. The number of imidazole rings is 1. The number of phosphoric acid groups is 3. The minimum absolute atomic E-state index is 0.0137. The number of hydrogen-bond acceptors (Lipinski definition) is 17. The summed E-state index contributed by atoms with van der Waals surface area (Å²) in [5.74, 6) is -0.117. The van der Waals surface area contributed by atoms with E-state index in [0.29, 0.717) is 0 Å². The van der Waals surface area contributed by atoms with Crippen molar-refractivity contribution in [2.24, 2.45) is 0 Å². The Morgan fingerprint density at radius 2 is 1.78 bits per heavy atom. The Morgan fingerprint density at radius 3 is 2.41 bits per heavy atom. The summed E-state index contributed by atoms with van der Waals surface area (Å²) in [7, 11) is -18.2. The molecule has 1 saturated heterocycles. The molecule has 0 spiro atoms. The second kappa shape index (κ2) is 8.66. The molecule has 1 fully saturated rings. The summed E-state index contributed by atoms with van der Waals surface area (Å²) < 4.78 is 49.6. The van der Waals surface area contributed by atoms with Crippen LogP contribution in [0.1, 0.15) is 6.23 Å². The van der Waals surface area contributed by atoms with Crippen LogP contribution in [0.25, 0.3) is 11.2 Å². The molecule has 0 bridgehead atoms. The molecule has 0 aliphatic carbocycles. The molecular formula is C10H12N5O14P3-4. The maximum absolute atomic E-state index is 12.2. The van der Waals surface area contributed by atoms with E-state index in [1.165, 1.54) is 0 Å². The minimum atomic E-state index is -6.18. The topological polar surface area (TPSA) is 310 Å². The third-order valence-electron chi connectivity index (χ3n) is 3.92. The number of aliphatic hydroxyl groups is 2. The van der Waals surface area contributed by atoms with Gasteiger partial charge in [-0.15, -0.1) is 0 Å². The highest BCUT2D eigenvalue weighted by Gasteiger charge is 2.45. The van der Waals surface area contributed by atoms with Crippen molar-refractivity contribution in [1.29, 1.82) is 0 Å². The summed E-state index contributed by atoms with van der Waals surface area (Å²) in [6, 6.07) is 0. The van der Waals surface area contributed by atoms with Gasteiger partial charge < -0.3 is 54.3 Å². The lowest BCUT2D eigenvalue weighted by Crippen LogP contribution is -2.35. The number of H-pyrrole nitrogens is 1. The van der Waals surface area contributed by atoms with Crippen LogP contribution in [-0.2, 0) is 31.6 Å². The number of fused-ring (bicyclic) bond motifs is 1. The van der Waals surface area contributed by atoms with E-state index in [-0.39, 0.29) is 17.0 Å². The molecule has 0 aromatic carbocycles. The van der Waals surface area contributed by atoms with E-state index >= 15 is 0 Å². The summed E-state index contributed by atoms with van der Waals surface area (Å²) in [5, 5.41) is 20.3. The number of anilines is 1. The molecule has 0 radical (unpaired) electrons. The molecule has 32 heavy (non-hydrogen) atoms. The molecule has 0 saturated carbocycles. The molecule has 180 valence electrons. The first kappa shape index (κ1) is 25.1. The SMILES string of the molecule is Nc1ncnc2c1[nH]c(=O)n2C1OC(COP(=O)([O-])OP(=O)([O-])OP(=O)([O-])[O-])C(O)C1O. The maximum atomic E-state index is 12.2. The van der Waals surface area contributed by atoms with E-state index in [1.54, 1.807) is 0 Å². The number of aliphatic hydroxyl groups excluding tert-OH is 2. The molecule has 3 heterocycles. The van der Waals surface area contributed by atoms with Crippen LogP contribution >= 0.6 is 23.5 Å². The van der Waals surface area contributed by atoms with Crippen molar-refractivity contribution in [3.8, 4) is 0 Å². The van der Waals surface area contributed by atoms with E-state index in [0.717, 1.165) is 10.9 Å². The zero-order valence-corrected chi connectivity index (χ0v) is 17.8. The van der Waals surface area contributed by atoms with E-state index < -0.39 is 60.3 Å². The Kier molecular flexibility index (Phi) is 6.78.